The second-order valence-electron chi connectivity index (χ2n) is 4.30. The molecule has 19 heavy (non-hydrogen) atoms. The van der Waals surface area contributed by atoms with Crippen LogP contribution in [0.5, 0.6) is 5.75 Å². The first-order valence-corrected chi connectivity index (χ1v) is 6.15. The molecule has 0 spiro atoms. The van der Waals surface area contributed by atoms with Gasteiger partial charge in [-0.2, -0.15) is 0 Å². The van der Waals surface area contributed by atoms with Crippen LogP contribution in [0.3, 0.4) is 0 Å². The third-order valence-electron chi connectivity index (χ3n) is 2.70. The predicted molar refractivity (Wildman–Crippen MR) is 69.9 cm³/mol. The van der Waals surface area contributed by atoms with Crippen LogP contribution in [0, 0.1) is 6.92 Å². The lowest BCUT2D eigenvalue weighted by atomic mass is 10.00. The van der Waals surface area contributed by atoms with Crippen LogP contribution in [0.25, 0.3) is 0 Å². The average Bonchev–Trinajstić information content (AvgIpc) is 2.37. The van der Waals surface area contributed by atoms with E-state index in [9.17, 15) is 15.0 Å². The first kappa shape index (κ1) is 15.5. The monoisotopic (exact) mass is 268 g/mol. The molecule has 0 aliphatic heterocycles. The Morgan fingerprint density at radius 1 is 1.32 bits per heavy atom. The molecule has 5 heteroatoms. The van der Waals surface area contributed by atoms with E-state index in [1.54, 1.807) is 19.1 Å². The summed E-state index contributed by atoms with van der Waals surface area (Å²) in [5.74, 6) is 0.0612. The van der Waals surface area contributed by atoms with E-state index in [0.29, 0.717) is 11.3 Å². The lowest BCUT2D eigenvalue weighted by Gasteiger charge is -2.18. The van der Waals surface area contributed by atoms with Crippen molar-refractivity contribution in [1.29, 1.82) is 0 Å². The number of aliphatic hydroxyl groups excluding tert-OH is 2. The standard InChI is InChI=1S/C14H20O5/c1-4-19-13(16)8-12(15)14(17)10-5-9(2)6-11(7-10)18-3/h5-7,12,14-15,17H,4,8H2,1-3H3. The van der Waals surface area contributed by atoms with Gasteiger partial charge in [0.15, 0.2) is 0 Å². The van der Waals surface area contributed by atoms with Gasteiger partial charge in [0.05, 0.1) is 26.2 Å². The second kappa shape index (κ2) is 7.11. The summed E-state index contributed by atoms with van der Waals surface area (Å²) in [6.45, 7) is 3.79. The van der Waals surface area contributed by atoms with Gasteiger partial charge >= 0.3 is 5.97 Å². The van der Waals surface area contributed by atoms with Gasteiger partial charge in [0.25, 0.3) is 0 Å². The fourth-order valence-corrected chi connectivity index (χ4v) is 1.79. The molecule has 1 rings (SSSR count). The number of carbonyl (C=O) groups excluding carboxylic acids is 1. The number of esters is 1. The van der Waals surface area contributed by atoms with Crippen molar-refractivity contribution in [3.05, 3.63) is 29.3 Å². The van der Waals surface area contributed by atoms with Gasteiger partial charge in [0, 0.05) is 0 Å². The van der Waals surface area contributed by atoms with Gasteiger partial charge < -0.3 is 19.7 Å². The summed E-state index contributed by atoms with van der Waals surface area (Å²) in [7, 11) is 1.53. The van der Waals surface area contributed by atoms with Gasteiger partial charge in [-0.05, 0) is 37.1 Å². The molecule has 0 bridgehead atoms. The highest BCUT2D eigenvalue weighted by Gasteiger charge is 2.22. The molecule has 2 unspecified atom stereocenters. The molecule has 2 N–H and O–H groups in total. The normalized spacial score (nSPS) is 13.7. The SMILES string of the molecule is CCOC(=O)CC(O)C(O)c1cc(C)cc(OC)c1. The molecule has 5 nitrogen and oxygen atoms in total. The van der Waals surface area contributed by atoms with E-state index in [0.717, 1.165) is 5.56 Å². The Bertz CT molecular complexity index is 430. The third kappa shape index (κ3) is 4.54. The largest absolute Gasteiger partial charge is 0.497 e. The number of aryl methyl sites for hydroxylation is 1. The number of methoxy groups -OCH3 is 1. The molecule has 0 saturated carbocycles. The van der Waals surface area contributed by atoms with Gasteiger partial charge in [0.2, 0.25) is 0 Å². The van der Waals surface area contributed by atoms with Crippen molar-refractivity contribution < 1.29 is 24.5 Å². The molecular formula is C14H20O5. The smallest absolute Gasteiger partial charge is 0.308 e. The Hall–Kier alpha value is -1.59. The van der Waals surface area contributed by atoms with E-state index < -0.39 is 18.2 Å². The number of rotatable bonds is 6. The average molecular weight is 268 g/mol. The molecule has 0 aliphatic carbocycles. The van der Waals surface area contributed by atoms with Crippen LogP contribution >= 0.6 is 0 Å². The number of hydrogen-bond donors (Lipinski definition) is 2. The van der Waals surface area contributed by atoms with Gasteiger partial charge in [-0.3, -0.25) is 4.79 Å². The first-order valence-electron chi connectivity index (χ1n) is 6.15. The van der Waals surface area contributed by atoms with Crippen LogP contribution in [0.15, 0.2) is 18.2 Å². The maximum Gasteiger partial charge on any atom is 0.308 e. The number of aliphatic hydroxyl groups is 2. The maximum absolute atomic E-state index is 11.3. The van der Waals surface area contributed by atoms with Crippen LogP contribution in [-0.4, -0.2) is 36.0 Å². The van der Waals surface area contributed by atoms with Crippen molar-refractivity contribution in [2.75, 3.05) is 13.7 Å². The Labute approximate surface area is 112 Å². The highest BCUT2D eigenvalue weighted by molar-refractivity contribution is 5.70. The second-order valence-corrected chi connectivity index (χ2v) is 4.30. The Kier molecular flexibility index (Phi) is 5.79. The molecule has 1 aromatic carbocycles. The summed E-state index contributed by atoms with van der Waals surface area (Å²) in [6, 6.07) is 5.18. The number of ether oxygens (including phenoxy) is 2. The minimum absolute atomic E-state index is 0.245. The molecule has 0 radical (unpaired) electrons. The Balaban J connectivity index is 2.78. The minimum atomic E-state index is -1.20. The zero-order valence-corrected chi connectivity index (χ0v) is 11.4. The van der Waals surface area contributed by atoms with Crippen LogP contribution in [0.2, 0.25) is 0 Å². The van der Waals surface area contributed by atoms with Crippen LogP contribution in [-0.2, 0) is 9.53 Å². The Morgan fingerprint density at radius 3 is 2.58 bits per heavy atom. The van der Waals surface area contributed by atoms with Crippen molar-refractivity contribution in [1.82, 2.24) is 0 Å². The van der Waals surface area contributed by atoms with Gasteiger partial charge in [0.1, 0.15) is 11.9 Å². The Morgan fingerprint density at radius 2 is 2.00 bits per heavy atom. The maximum atomic E-state index is 11.3. The van der Waals surface area contributed by atoms with Gasteiger partial charge in [-0.25, -0.2) is 0 Å². The number of hydrogen-bond acceptors (Lipinski definition) is 5. The van der Waals surface area contributed by atoms with Crippen LogP contribution in [0.1, 0.15) is 30.6 Å². The summed E-state index contributed by atoms with van der Waals surface area (Å²) in [5.41, 5.74) is 1.41. The lowest BCUT2D eigenvalue weighted by Crippen LogP contribution is -2.23. The molecule has 0 aliphatic rings. The molecule has 0 saturated heterocycles. The van der Waals surface area contributed by atoms with E-state index in [1.165, 1.54) is 7.11 Å². The first-order chi connectivity index (χ1) is 8.97. The van der Waals surface area contributed by atoms with Gasteiger partial charge in [-0.15, -0.1) is 0 Å². The quantitative estimate of drug-likeness (QED) is 0.762. The van der Waals surface area contributed by atoms with E-state index in [4.69, 9.17) is 9.47 Å². The summed E-state index contributed by atoms with van der Waals surface area (Å²) < 4.78 is 9.83. The van der Waals surface area contributed by atoms with E-state index in [2.05, 4.69) is 0 Å². The zero-order valence-electron chi connectivity index (χ0n) is 11.4. The summed E-state index contributed by atoms with van der Waals surface area (Å²) in [4.78, 5) is 11.3. The van der Waals surface area contributed by atoms with Crippen molar-refractivity contribution in [2.24, 2.45) is 0 Å². The highest BCUT2D eigenvalue weighted by Crippen LogP contribution is 2.25. The van der Waals surface area contributed by atoms with Crippen LogP contribution in [0.4, 0.5) is 0 Å². The van der Waals surface area contributed by atoms with Crippen molar-refractivity contribution in [3.8, 4) is 5.75 Å². The fourth-order valence-electron chi connectivity index (χ4n) is 1.79. The summed E-state index contributed by atoms with van der Waals surface area (Å²) >= 11 is 0. The zero-order chi connectivity index (χ0) is 14.4. The van der Waals surface area contributed by atoms with Crippen molar-refractivity contribution in [2.45, 2.75) is 32.5 Å². The molecule has 2 atom stereocenters. The predicted octanol–water partition coefficient (Wildman–Crippen LogP) is 1.35. The number of benzene rings is 1. The lowest BCUT2D eigenvalue weighted by molar-refractivity contribution is -0.147. The molecule has 0 fully saturated rings. The van der Waals surface area contributed by atoms with Gasteiger partial charge in [-0.1, -0.05) is 6.07 Å². The molecule has 1 aromatic rings. The summed E-state index contributed by atoms with van der Waals surface area (Å²) in [5, 5.41) is 19.9. The van der Waals surface area contributed by atoms with E-state index in [-0.39, 0.29) is 13.0 Å². The molecule has 106 valence electrons. The van der Waals surface area contributed by atoms with Crippen LogP contribution < -0.4 is 4.74 Å². The molecule has 0 heterocycles. The molecular weight excluding hydrogens is 248 g/mol. The summed E-state index contributed by atoms with van der Waals surface area (Å²) in [6.07, 6.45) is -2.60. The molecule has 0 amide bonds. The fraction of sp³-hybridized carbons (Fsp3) is 0.500. The van der Waals surface area contributed by atoms with E-state index in [1.807, 2.05) is 13.0 Å². The topological polar surface area (TPSA) is 76.0 Å². The highest BCUT2D eigenvalue weighted by atomic mass is 16.5. The van der Waals surface area contributed by atoms with E-state index >= 15 is 0 Å². The van der Waals surface area contributed by atoms with Crippen molar-refractivity contribution >= 4 is 5.97 Å². The van der Waals surface area contributed by atoms with Crippen molar-refractivity contribution in [3.63, 3.8) is 0 Å². The minimum Gasteiger partial charge on any atom is -0.497 e. The third-order valence-corrected chi connectivity index (χ3v) is 2.70. The number of carbonyl (C=O) groups is 1. The molecule has 0 aromatic heterocycles.